The van der Waals surface area contributed by atoms with Gasteiger partial charge in [0.1, 0.15) is 5.76 Å². The van der Waals surface area contributed by atoms with Crippen molar-refractivity contribution in [2.75, 3.05) is 13.1 Å². The van der Waals surface area contributed by atoms with Gasteiger partial charge in [-0.1, -0.05) is 12.1 Å². The summed E-state index contributed by atoms with van der Waals surface area (Å²) in [7, 11) is 0. The Labute approximate surface area is 102 Å². The van der Waals surface area contributed by atoms with Gasteiger partial charge in [0.2, 0.25) is 0 Å². The van der Waals surface area contributed by atoms with Crippen molar-refractivity contribution in [1.82, 2.24) is 10.5 Å². The van der Waals surface area contributed by atoms with Crippen LogP contribution in [0.3, 0.4) is 0 Å². The van der Waals surface area contributed by atoms with E-state index in [2.05, 4.69) is 22.4 Å². The molecule has 0 spiro atoms. The molecule has 0 unspecified atom stereocenters. The minimum Gasteiger partial charge on any atom is -0.370 e. The van der Waals surface area contributed by atoms with Crippen LogP contribution in [-0.4, -0.2) is 24.2 Å². The first-order chi connectivity index (χ1) is 8.15. The summed E-state index contributed by atoms with van der Waals surface area (Å²) < 4.78 is 5.11. The molecule has 0 aliphatic carbocycles. The number of guanidine groups is 1. The summed E-state index contributed by atoms with van der Waals surface area (Å²) >= 11 is 0. The van der Waals surface area contributed by atoms with E-state index in [1.807, 2.05) is 13.8 Å². The molecule has 1 heterocycles. The van der Waals surface area contributed by atoms with E-state index in [1.165, 1.54) is 5.56 Å². The average Bonchev–Trinajstić information content (AvgIpc) is 2.62. The molecule has 1 rings (SSSR count). The maximum atomic E-state index is 5.69. The van der Waals surface area contributed by atoms with Gasteiger partial charge in [0.25, 0.3) is 0 Å². The van der Waals surface area contributed by atoms with E-state index in [4.69, 9.17) is 10.3 Å². The number of hydrogen-bond acceptors (Lipinski definition) is 3. The highest BCUT2D eigenvalue weighted by Crippen LogP contribution is 2.13. The monoisotopic (exact) mass is 238 g/mol. The molecule has 0 aliphatic heterocycles. The van der Waals surface area contributed by atoms with Crippen molar-refractivity contribution in [3.63, 3.8) is 0 Å². The molecule has 5 heteroatoms. The quantitative estimate of drug-likeness (QED) is 0.448. The maximum Gasteiger partial charge on any atom is 0.188 e. The molecule has 0 saturated carbocycles. The minimum atomic E-state index is 0.533. The molecular formula is C12H22N4O. The Bertz CT molecular complexity index is 351. The normalized spacial score (nSPS) is 11.8. The Hall–Kier alpha value is -1.52. The van der Waals surface area contributed by atoms with Crippen molar-refractivity contribution >= 4 is 5.96 Å². The molecule has 96 valence electrons. The molecular weight excluding hydrogens is 216 g/mol. The zero-order valence-corrected chi connectivity index (χ0v) is 10.9. The third-order valence-corrected chi connectivity index (χ3v) is 2.60. The van der Waals surface area contributed by atoms with Gasteiger partial charge in [0, 0.05) is 18.7 Å². The predicted octanol–water partition coefficient (Wildman–Crippen LogP) is 1.54. The standard InChI is InChI=1S/C12H22N4O/c1-4-7-14-12(13)15-8-5-6-11-9(2)16-17-10(11)3/h4-8H2,1-3H3,(H3,13,14,15). The SMILES string of the molecule is CCCN=C(N)NCCCc1c(C)noc1C. The highest BCUT2D eigenvalue weighted by atomic mass is 16.5. The van der Waals surface area contributed by atoms with Crippen LogP contribution in [0.1, 0.15) is 36.8 Å². The van der Waals surface area contributed by atoms with Crippen LogP contribution in [0.2, 0.25) is 0 Å². The van der Waals surface area contributed by atoms with Crippen molar-refractivity contribution in [3.05, 3.63) is 17.0 Å². The Morgan fingerprint density at radius 1 is 1.47 bits per heavy atom. The number of nitrogens with one attached hydrogen (secondary N) is 1. The van der Waals surface area contributed by atoms with E-state index in [0.29, 0.717) is 5.96 Å². The van der Waals surface area contributed by atoms with E-state index in [0.717, 1.165) is 43.8 Å². The first-order valence-electron chi connectivity index (χ1n) is 6.10. The van der Waals surface area contributed by atoms with E-state index >= 15 is 0 Å². The van der Waals surface area contributed by atoms with Gasteiger partial charge in [-0.3, -0.25) is 4.99 Å². The molecule has 3 N–H and O–H groups in total. The summed E-state index contributed by atoms with van der Waals surface area (Å²) in [6.07, 6.45) is 2.96. The highest BCUT2D eigenvalue weighted by Gasteiger charge is 2.07. The van der Waals surface area contributed by atoms with Gasteiger partial charge < -0.3 is 15.6 Å². The van der Waals surface area contributed by atoms with Crippen molar-refractivity contribution in [2.45, 2.75) is 40.0 Å². The summed E-state index contributed by atoms with van der Waals surface area (Å²) in [5.74, 6) is 1.45. The van der Waals surface area contributed by atoms with Crippen LogP contribution in [0.15, 0.2) is 9.52 Å². The lowest BCUT2D eigenvalue weighted by Gasteiger charge is -2.05. The summed E-state index contributed by atoms with van der Waals surface area (Å²) in [6.45, 7) is 7.59. The van der Waals surface area contributed by atoms with Crippen LogP contribution in [0, 0.1) is 13.8 Å². The second kappa shape index (κ2) is 6.93. The third-order valence-electron chi connectivity index (χ3n) is 2.60. The van der Waals surface area contributed by atoms with Crippen molar-refractivity contribution in [3.8, 4) is 0 Å². The molecule has 1 aromatic rings. The Morgan fingerprint density at radius 2 is 2.24 bits per heavy atom. The van der Waals surface area contributed by atoms with Crippen LogP contribution in [-0.2, 0) is 6.42 Å². The topological polar surface area (TPSA) is 76.4 Å². The van der Waals surface area contributed by atoms with Crippen LogP contribution in [0.25, 0.3) is 0 Å². The van der Waals surface area contributed by atoms with Gasteiger partial charge in [0.05, 0.1) is 5.69 Å². The first-order valence-corrected chi connectivity index (χ1v) is 6.10. The fourth-order valence-electron chi connectivity index (χ4n) is 1.63. The molecule has 0 aromatic carbocycles. The summed E-state index contributed by atoms with van der Waals surface area (Å²) in [4.78, 5) is 4.16. The zero-order chi connectivity index (χ0) is 12.7. The van der Waals surface area contributed by atoms with Crippen molar-refractivity contribution < 1.29 is 4.52 Å². The zero-order valence-electron chi connectivity index (χ0n) is 10.9. The van der Waals surface area contributed by atoms with Crippen LogP contribution in [0.4, 0.5) is 0 Å². The molecule has 5 nitrogen and oxygen atoms in total. The number of nitrogens with two attached hydrogens (primary N) is 1. The first kappa shape index (κ1) is 13.5. The number of rotatable bonds is 6. The van der Waals surface area contributed by atoms with E-state index in [1.54, 1.807) is 0 Å². The highest BCUT2D eigenvalue weighted by molar-refractivity contribution is 5.77. The summed E-state index contributed by atoms with van der Waals surface area (Å²) in [5, 5.41) is 7.02. The second-order valence-electron chi connectivity index (χ2n) is 4.10. The fourth-order valence-corrected chi connectivity index (χ4v) is 1.63. The van der Waals surface area contributed by atoms with Gasteiger partial charge in [-0.05, 0) is 33.1 Å². The largest absolute Gasteiger partial charge is 0.370 e. The summed E-state index contributed by atoms with van der Waals surface area (Å²) in [6, 6.07) is 0. The lowest BCUT2D eigenvalue weighted by atomic mass is 10.1. The third kappa shape index (κ3) is 4.46. The lowest BCUT2D eigenvalue weighted by Crippen LogP contribution is -2.32. The molecule has 0 atom stereocenters. The Morgan fingerprint density at radius 3 is 2.82 bits per heavy atom. The molecule has 0 aliphatic rings. The van der Waals surface area contributed by atoms with Crippen molar-refractivity contribution in [1.29, 1.82) is 0 Å². The van der Waals surface area contributed by atoms with Gasteiger partial charge >= 0.3 is 0 Å². The smallest absolute Gasteiger partial charge is 0.188 e. The van der Waals surface area contributed by atoms with Gasteiger partial charge in [0.15, 0.2) is 5.96 Å². The number of aryl methyl sites for hydroxylation is 2. The molecule has 0 saturated heterocycles. The minimum absolute atomic E-state index is 0.533. The van der Waals surface area contributed by atoms with Crippen LogP contribution in [0.5, 0.6) is 0 Å². The van der Waals surface area contributed by atoms with E-state index in [-0.39, 0.29) is 0 Å². The van der Waals surface area contributed by atoms with Crippen LogP contribution >= 0.6 is 0 Å². The number of nitrogens with zero attached hydrogens (tertiary/aromatic N) is 2. The molecule has 0 bridgehead atoms. The average molecular weight is 238 g/mol. The van der Waals surface area contributed by atoms with Crippen molar-refractivity contribution in [2.24, 2.45) is 10.7 Å². The lowest BCUT2D eigenvalue weighted by molar-refractivity contribution is 0.392. The Balaban J connectivity index is 2.25. The van der Waals surface area contributed by atoms with E-state index < -0.39 is 0 Å². The fraction of sp³-hybridized carbons (Fsp3) is 0.667. The number of aliphatic imine (C=N–C) groups is 1. The van der Waals surface area contributed by atoms with Gasteiger partial charge in [-0.2, -0.15) is 0 Å². The molecule has 0 fully saturated rings. The molecule has 17 heavy (non-hydrogen) atoms. The predicted molar refractivity (Wildman–Crippen MR) is 69.1 cm³/mol. The molecule has 1 aromatic heterocycles. The maximum absolute atomic E-state index is 5.69. The molecule has 0 radical (unpaired) electrons. The molecule has 0 amide bonds. The number of aromatic nitrogens is 1. The Kier molecular flexibility index (Phi) is 5.52. The van der Waals surface area contributed by atoms with E-state index in [9.17, 15) is 0 Å². The number of hydrogen-bond donors (Lipinski definition) is 2. The van der Waals surface area contributed by atoms with Crippen LogP contribution < -0.4 is 11.1 Å². The van der Waals surface area contributed by atoms with Gasteiger partial charge in [-0.25, -0.2) is 0 Å². The second-order valence-corrected chi connectivity index (χ2v) is 4.10. The summed E-state index contributed by atoms with van der Waals surface area (Å²) in [5.41, 5.74) is 7.87. The van der Waals surface area contributed by atoms with Gasteiger partial charge in [-0.15, -0.1) is 0 Å².